The first-order valence-corrected chi connectivity index (χ1v) is 10.0. The van der Waals surface area contributed by atoms with E-state index in [2.05, 4.69) is 47.7 Å². The highest BCUT2D eigenvalue weighted by molar-refractivity contribution is 14.1. The average molecular weight is 485 g/mol. The number of fused-ring (bicyclic) bond motifs is 1. The van der Waals surface area contributed by atoms with Crippen LogP contribution in [-0.2, 0) is 14.1 Å². The summed E-state index contributed by atoms with van der Waals surface area (Å²) in [5, 5.41) is 0.549. The zero-order valence-corrected chi connectivity index (χ0v) is 18.3. The number of hydrogen-bond acceptors (Lipinski definition) is 2. The van der Waals surface area contributed by atoms with E-state index in [4.69, 9.17) is 0 Å². The van der Waals surface area contributed by atoms with E-state index in [0.717, 1.165) is 31.6 Å². The van der Waals surface area contributed by atoms with Gasteiger partial charge in [-0.3, -0.25) is 13.9 Å². The average Bonchev–Trinajstić information content (AvgIpc) is 3.05. The van der Waals surface area contributed by atoms with Gasteiger partial charge < -0.3 is 4.57 Å². The molecule has 0 aliphatic rings. The Morgan fingerprint density at radius 2 is 1.68 bits per heavy atom. The molecule has 142 valence electrons. The van der Waals surface area contributed by atoms with Gasteiger partial charge in [0.1, 0.15) is 0 Å². The molecule has 2 aromatic heterocycles. The Balaban J connectivity index is 2.23. The number of benzene rings is 2. The standard InChI is InChI=1S/C22H20IN3O2/c1-13-6-5-7-15(10-13)20-19-18(24(3)22(28)25(4)21(19)27)12-26(20)17-9-8-16(23)11-14(17)2/h5-12H,1-4H3. The number of aryl methyl sites for hydroxylation is 3. The van der Waals surface area contributed by atoms with E-state index in [-0.39, 0.29) is 11.2 Å². The van der Waals surface area contributed by atoms with Crippen LogP contribution in [0.1, 0.15) is 11.1 Å². The molecule has 5 nitrogen and oxygen atoms in total. The molecule has 6 heteroatoms. The van der Waals surface area contributed by atoms with E-state index in [0.29, 0.717) is 10.9 Å². The molecule has 4 rings (SSSR count). The second-order valence-corrected chi connectivity index (χ2v) is 8.36. The molecule has 0 bridgehead atoms. The third-order valence-electron chi connectivity index (χ3n) is 5.15. The molecule has 0 aliphatic heterocycles. The van der Waals surface area contributed by atoms with Gasteiger partial charge in [0.2, 0.25) is 0 Å². The van der Waals surface area contributed by atoms with Crippen LogP contribution in [0.2, 0.25) is 0 Å². The smallest absolute Gasteiger partial charge is 0.313 e. The van der Waals surface area contributed by atoms with Crippen LogP contribution in [0, 0.1) is 17.4 Å². The van der Waals surface area contributed by atoms with Crippen molar-refractivity contribution in [3.8, 4) is 16.9 Å². The highest BCUT2D eigenvalue weighted by Gasteiger charge is 2.21. The van der Waals surface area contributed by atoms with E-state index < -0.39 is 0 Å². The lowest BCUT2D eigenvalue weighted by atomic mass is 10.1. The minimum atomic E-state index is -0.329. The maximum Gasteiger partial charge on any atom is 0.330 e. The van der Waals surface area contributed by atoms with Gasteiger partial charge in [-0.2, -0.15) is 0 Å². The molecule has 0 amide bonds. The second-order valence-electron chi connectivity index (χ2n) is 7.11. The predicted molar refractivity (Wildman–Crippen MR) is 121 cm³/mol. The van der Waals surface area contributed by atoms with Crippen LogP contribution < -0.4 is 11.2 Å². The Morgan fingerprint density at radius 3 is 2.36 bits per heavy atom. The van der Waals surface area contributed by atoms with Crippen LogP contribution in [-0.4, -0.2) is 13.7 Å². The molecule has 0 atom stereocenters. The summed E-state index contributed by atoms with van der Waals surface area (Å²) < 4.78 is 5.89. The quantitative estimate of drug-likeness (QED) is 0.405. The molecule has 28 heavy (non-hydrogen) atoms. The molecule has 0 aliphatic carbocycles. The van der Waals surface area contributed by atoms with Gasteiger partial charge in [0.15, 0.2) is 0 Å². The Kier molecular flexibility index (Phi) is 4.53. The number of nitrogens with zero attached hydrogens (tertiary/aromatic N) is 3. The third-order valence-corrected chi connectivity index (χ3v) is 5.82. The molecule has 0 saturated carbocycles. The van der Waals surface area contributed by atoms with Gasteiger partial charge in [0.05, 0.1) is 16.6 Å². The number of hydrogen-bond donors (Lipinski definition) is 0. The zero-order chi connectivity index (χ0) is 20.2. The molecular formula is C22H20IN3O2. The summed E-state index contributed by atoms with van der Waals surface area (Å²) in [5.41, 5.74) is 4.97. The normalized spacial score (nSPS) is 11.3. The summed E-state index contributed by atoms with van der Waals surface area (Å²) in [5.74, 6) is 0. The Hall–Kier alpha value is -2.61. The fourth-order valence-electron chi connectivity index (χ4n) is 3.70. The number of aromatic nitrogens is 3. The SMILES string of the molecule is Cc1cccc(-c2c3c(=O)n(C)c(=O)n(C)c3cn2-c2ccc(I)cc2C)c1. The highest BCUT2D eigenvalue weighted by atomic mass is 127. The van der Waals surface area contributed by atoms with Gasteiger partial charge in [0, 0.05) is 29.5 Å². The second kappa shape index (κ2) is 6.77. The maximum atomic E-state index is 13.1. The van der Waals surface area contributed by atoms with E-state index >= 15 is 0 Å². The van der Waals surface area contributed by atoms with Crippen molar-refractivity contribution >= 4 is 33.5 Å². The van der Waals surface area contributed by atoms with E-state index in [1.807, 2.05) is 42.0 Å². The third kappa shape index (κ3) is 2.83. The Morgan fingerprint density at radius 1 is 0.929 bits per heavy atom. The molecule has 2 heterocycles. The van der Waals surface area contributed by atoms with Gasteiger partial charge in [-0.25, -0.2) is 4.79 Å². The minimum absolute atomic E-state index is 0.281. The topological polar surface area (TPSA) is 48.9 Å². The molecule has 0 radical (unpaired) electrons. The van der Waals surface area contributed by atoms with Crippen molar-refractivity contribution in [3.63, 3.8) is 0 Å². The van der Waals surface area contributed by atoms with E-state index in [9.17, 15) is 9.59 Å². The molecule has 0 fully saturated rings. The summed E-state index contributed by atoms with van der Waals surface area (Å²) in [6.07, 6.45) is 1.89. The lowest BCUT2D eigenvalue weighted by molar-refractivity contribution is 0.714. The first-order chi connectivity index (χ1) is 13.3. The van der Waals surface area contributed by atoms with E-state index in [1.165, 1.54) is 16.2 Å². The molecule has 0 saturated heterocycles. The summed E-state index contributed by atoms with van der Waals surface area (Å²) >= 11 is 2.29. The fourth-order valence-corrected chi connectivity index (χ4v) is 4.34. The monoisotopic (exact) mass is 485 g/mol. The van der Waals surface area contributed by atoms with Crippen LogP contribution in [0.15, 0.2) is 58.3 Å². The molecule has 0 unspecified atom stereocenters. The lowest BCUT2D eigenvalue weighted by Crippen LogP contribution is -2.36. The van der Waals surface area contributed by atoms with Gasteiger partial charge in [-0.15, -0.1) is 0 Å². The number of rotatable bonds is 2. The van der Waals surface area contributed by atoms with Crippen LogP contribution in [0.25, 0.3) is 27.8 Å². The minimum Gasteiger partial charge on any atom is -0.313 e. The first-order valence-electron chi connectivity index (χ1n) is 8.94. The highest BCUT2D eigenvalue weighted by Crippen LogP contribution is 2.32. The summed E-state index contributed by atoms with van der Waals surface area (Å²) in [6.45, 7) is 4.09. The van der Waals surface area contributed by atoms with Crippen molar-refractivity contribution in [1.82, 2.24) is 13.7 Å². The van der Waals surface area contributed by atoms with Gasteiger partial charge >= 0.3 is 5.69 Å². The maximum absolute atomic E-state index is 13.1. The number of halogens is 1. The Bertz CT molecular complexity index is 1360. The molecule has 0 N–H and O–H groups in total. The van der Waals surface area contributed by atoms with Crippen molar-refractivity contribution in [3.05, 3.63) is 84.2 Å². The lowest BCUT2D eigenvalue weighted by Gasteiger charge is -2.13. The van der Waals surface area contributed by atoms with Gasteiger partial charge in [-0.05, 0) is 71.8 Å². The zero-order valence-electron chi connectivity index (χ0n) is 16.2. The predicted octanol–water partition coefficient (Wildman–Crippen LogP) is 3.92. The summed E-state index contributed by atoms with van der Waals surface area (Å²) in [6, 6.07) is 14.3. The largest absolute Gasteiger partial charge is 0.330 e. The molecule has 2 aromatic carbocycles. The fraction of sp³-hybridized carbons (Fsp3) is 0.182. The molecule has 0 spiro atoms. The summed E-state index contributed by atoms with van der Waals surface area (Å²) in [7, 11) is 3.23. The van der Waals surface area contributed by atoms with Crippen molar-refractivity contribution in [1.29, 1.82) is 0 Å². The van der Waals surface area contributed by atoms with Crippen LogP contribution in [0.5, 0.6) is 0 Å². The van der Waals surface area contributed by atoms with E-state index in [1.54, 1.807) is 7.05 Å². The molecular weight excluding hydrogens is 465 g/mol. The van der Waals surface area contributed by atoms with Crippen molar-refractivity contribution in [2.24, 2.45) is 14.1 Å². The van der Waals surface area contributed by atoms with Crippen molar-refractivity contribution < 1.29 is 0 Å². The molecule has 4 aromatic rings. The van der Waals surface area contributed by atoms with Crippen LogP contribution >= 0.6 is 22.6 Å². The van der Waals surface area contributed by atoms with Gasteiger partial charge in [-0.1, -0.05) is 23.8 Å². The van der Waals surface area contributed by atoms with Crippen LogP contribution in [0.3, 0.4) is 0 Å². The Labute approximate surface area is 176 Å². The summed E-state index contributed by atoms with van der Waals surface area (Å²) in [4.78, 5) is 25.6. The van der Waals surface area contributed by atoms with Gasteiger partial charge in [0.25, 0.3) is 5.56 Å². The first kappa shape index (κ1) is 18.7. The van der Waals surface area contributed by atoms with Crippen molar-refractivity contribution in [2.75, 3.05) is 0 Å². The van der Waals surface area contributed by atoms with Crippen LogP contribution in [0.4, 0.5) is 0 Å². The van der Waals surface area contributed by atoms with Crippen molar-refractivity contribution in [2.45, 2.75) is 13.8 Å².